The molecule has 0 aliphatic carbocycles. The van der Waals surface area contributed by atoms with Crippen molar-refractivity contribution >= 4 is 0 Å². The van der Waals surface area contributed by atoms with Crippen LogP contribution in [-0.4, -0.2) is 5.11 Å². The molecule has 0 fully saturated rings. The average molecular weight is 176 g/mol. The number of phenolic OH excluding ortho intramolecular Hbond substituents is 1. The van der Waals surface area contributed by atoms with Gasteiger partial charge in [0.25, 0.3) is 0 Å². The van der Waals surface area contributed by atoms with E-state index in [4.69, 9.17) is 0 Å². The molecule has 0 radical (unpaired) electrons. The Labute approximate surface area is 79.7 Å². The van der Waals surface area contributed by atoms with E-state index in [-0.39, 0.29) is 5.92 Å². The number of allylic oxidation sites excluding steroid dienone is 1. The van der Waals surface area contributed by atoms with Gasteiger partial charge < -0.3 is 5.11 Å². The number of phenols is 1. The van der Waals surface area contributed by atoms with E-state index < -0.39 is 0 Å². The zero-order chi connectivity index (χ0) is 9.68. The van der Waals surface area contributed by atoms with Crippen LogP contribution in [0.15, 0.2) is 36.9 Å². The molecule has 0 aliphatic rings. The summed E-state index contributed by atoms with van der Waals surface area (Å²) in [4.78, 5) is 0. The lowest BCUT2D eigenvalue weighted by Crippen LogP contribution is -1.94. The van der Waals surface area contributed by atoms with E-state index in [2.05, 4.69) is 13.5 Å². The molecule has 0 saturated carbocycles. The van der Waals surface area contributed by atoms with Gasteiger partial charge in [0.05, 0.1) is 0 Å². The van der Waals surface area contributed by atoms with Crippen LogP contribution in [0.25, 0.3) is 0 Å². The van der Waals surface area contributed by atoms with Crippen LogP contribution in [0.4, 0.5) is 0 Å². The third-order valence-corrected chi connectivity index (χ3v) is 2.22. The molecular weight excluding hydrogens is 160 g/mol. The number of benzene rings is 1. The summed E-state index contributed by atoms with van der Waals surface area (Å²) in [6.45, 7) is 5.92. The molecular formula is C12H16O. The van der Waals surface area contributed by atoms with Crippen LogP contribution in [-0.2, 0) is 0 Å². The van der Waals surface area contributed by atoms with Gasteiger partial charge in [-0.15, -0.1) is 6.58 Å². The third-order valence-electron chi connectivity index (χ3n) is 2.22. The highest BCUT2D eigenvalue weighted by atomic mass is 16.3. The number of hydrogen-bond acceptors (Lipinski definition) is 1. The normalized spacial score (nSPS) is 12.4. The standard InChI is InChI=1S/C12H16O/c1-3-7-10(4-2)11-8-5-6-9-12(11)13/h4-6,8-10,13H,2-3,7H2,1H3. The van der Waals surface area contributed by atoms with Gasteiger partial charge in [-0.05, 0) is 12.5 Å². The average Bonchev–Trinajstić information content (AvgIpc) is 2.16. The van der Waals surface area contributed by atoms with Gasteiger partial charge in [-0.2, -0.15) is 0 Å². The molecule has 0 heterocycles. The van der Waals surface area contributed by atoms with Crippen molar-refractivity contribution in [1.82, 2.24) is 0 Å². The maximum absolute atomic E-state index is 9.59. The number of aromatic hydroxyl groups is 1. The van der Waals surface area contributed by atoms with E-state index in [1.54, 1.807) is 6.07 Å². The number of hydrogen-bond donors (Lipinski definition) is 1. The predicted molar refractivity (Wildman–Crippen MR) is 56.0 cm³/mol. The molecule has 1 aromatic carbocycles. The smallest absolute Gasteiger partial charge is 0.119 e. The fraction of sp³-hybridized carbons (Fsp3) is 0.333. The highest BCUT2D eigenvalue weighted by molar-refractivity contribution is 5.36. The fourth-order valence-corrected chi connectivity index (χ4v) is 1.51. The molecule has 0 amide bonds. The van der Waals surface area contributed by atoms with Gasteiger partial charge in [0, 0.05) is 11.5 Å². The van der Waals surface area contributed by atoms with Gasteiger partial charge in [0.2, 0.25) is 0 Å². The van der Waals surface area contributed by atoms with Crippen molar-refractivity contribution in [3.63, 3.8) is 0 Å². The summed E-state index contributed by atoms with van der Waals surface area (Å²) in [6, 6.07) is 7.46. The van der Waals surface area contributed by atoms with Crippen LogP contribution >= 0.6 is 0 Å². The van der Waals surface area contributed by atoms with Gasteiger partial charge in [-0.25, -0.2) is 0 Å². The first kappa shape index (κ1) is 9.85. The minimum atomic E-state index is 0.284. The molecule has 1 aromatic rings. The van der Waals surface area contributed by atoms with Crippen molar-refractivity contribution in [3.8, 4) is 5.75 Å². The van der Waals surface area contributed by atoms with E-state index >= 15 is 0 Å². The second-order valence-electron chi connectivity index (χ2n) is 3.19. The van der Waals surface area contributed by atoms with Crippen molar-refractivity contribution in [3.05, 3.63) is 42.5 Å². The van der Waals surface area contributed by atoms with Gasteiger partial charge in [-0.1, -0.05) is 37.6 Å². The van der Waals surface area contributed by atoms with Crippen LogP contribution in [0.5, 0.6) is 5.75 Å². The number of rotatable bonds is 4. The minimum absolute atomic E-state index is 0.284. The second kappa shape index (κ2) is 4.70. The zero-order valence-electron chi connectivity index (χ0n) is 8.03. The van der Waals surface area contributed by atoms with Crippen LogP contribution in [0, 0.1) is 0 Å². The quantitative estimate of drug-likeness (QED) is 0.696. The van der Waals surface area contributed by atoms with E-state index in [1.165, 1.54) is 0 Å². The maximum Gasteiger partial charge on any atom is 0.119 e. The first-order valence-electron chi connectivity index (χ1n) is 4.70. The SMILES string of the molecule is C=CC(CCC)c1ccccc1O. The molecule has 1 heteroatoms. The van der Waals surface area contributed by atoms with Crippen LogP contribution in [0.3, 0.4) is 0 Å². The van der Waals surface area contributed by atoms with Gasteiger partial charge in [0.15, 0.2) is 0 Å². The van der Waals surface area contributed by atoms with Crippen molar-refractivity contribution in [2.24, 2.45) is 0 Å². The van der Waals surface area contributed by atoms with Crippen molar-refractivity contribution in [1.29, 1.82) is 0 Å². The van der Waals surface area contributed by atoms with E-state index in [1.807, 2.05) is 24.3 Å². The molecule has 1 N–H and O–H groups in total. The fourth-order valence-electron chi connectivity index (χ4n) is 1.51. The highest BCUT2D eigenvalue weighted by Gasteiger charge is 2.09. The predicted octanol–water partition coefficient (Wildman–Crippen LogP) is 3.46. The summed E-state index contributed by atoms with van der Waals surface area (Å²) in [5, 5.41) is 9.59. The zero-order valence-corrected chi connectivity index (χ0v) is 8.03. The molecule has 1 unspecified atom stereocenters. The molecule has 1 rings (SSSR count). The Kier molecular flexibility index (Phi) is 3.56. The topological polar surface area (TPSA) is 20.2 Å². The molecule has 0 saturated heterocycles. The second-order valence-corrected chi connectivity index (χ2v) is 3.19. The molecule has 0 bridgehead atoms. The van der Waals surface area contributed by atoms with Crippen LogP contribution < -0.4 is 0 Å². The maximum atomic E-state index is 9.59. The van der Waals surface area contributed by atoms with E-state index in [0.717, 1.165) is 18.4 Å². The van der Waals surface area contributed by atoms with Gasteiger partial charge in [0.1, 0.15) is 5.75 Å². The minimum Gasteiger partial charge on any atom is -0.508 e. The van der Waals surface area contributed by atoms with Crippen LogP contribution in [0.1, 0.15) is 31.2 Å². The van der Waals surface area contributed by atoms with Crippen molar-refractivity contribution in [2.75, 3.05) is 0 Å². The summed E-state index contributed by atoms with van der Waals surface area (Å²) in [5.74, 6) is 0.659. The van der Waals surface area contributed by atoms with Crippen molar-refractivity contribution < 1.29 is 5.11 Å². The summed E-state index contributed by atoms with van der Waals surface area (Å²) in [7, 11) is 0. The monoisotopic (exact) mass is 176 g/mol. The third kappa shape index (κ3) is 2.35. The Hall–Kier alpha value is -1.24. The Bertz CT molecular complexity index is 278. The lowest BCUT2D eigenvalue weighted by atomic mass is 9.94. The van der Waals surface area contributed by atoms with Gasteiger partial charge in [-0.3, -0.25) is 0 Å². The van der Waals surface area contributed by atoms with E-state index in [0.29, 0.717) is 5.75 Å². The Morgan fingerprint density at radius 1 is 1.46 bits per heavy atom. The van der Waals surface area contributed by atoms with Crippen LogP contribution in [0.2, 0.25) is 0 Å². The Morgan fingerprint density at radius 2 is 2.15 bits per heavy atom. The molecule has 0 aromatic heterocycles. The molecule has 70 valence electrons. The first-order chi connectivity index (χ1) is 6.29. The van der Waals surface area contributed by atoms with Crippen molar-refractivity contribution in [2.45, 2.75) is 25.7 Å². The molecule has 13 heavy (non-hydrogen) atoms. The number of para-hydroxylation sites is 1. The lowest BCUT2D eigenvalue weighted by molar-refractivity contribution is 0.463. The molecule has 1 nitrogen and oxygen atoms in total. The Balaban J connectivity index is 2.90. The largest absolute Gasteiger partial charge is 0.508 e. The molecule has 1 atom stereocenters. The van der Waals surface area contributed by atoms with E-state index in [9.17, 15) is 5.11 Å². The highest BCUT2D eigenvalue weighted by Crippen LogP contribution is 2.29. The van der Waals surface area contributed by atoms with Gasteiger partial charge >= 0.3 is 0 Å². The Morgan fingerprint density at radius 3 is 2.69 bits per heavy atom. The summed E-state index contributed by atoms with van der Waals surface area (Å²) >= 11 is 0. The lowest BCUT2D eigenvalue weighted by Gasteiger charge is -2.12. The summed E-state index contributed by atoms with van der Waals surface area (Å²) < 4.78 is 0. The first-order valence-corrected chi connectivity index (χ1v) is 4.70. The summed E-state index contributed by atoms with van der Waals surface area (Å²) in [5.41, 5.74) is 0.986. The summed E-state index contributed by atoms with van der Waals surface area (Å²) in [6.07, 6.45) is 4.05. The molecule has 0 spiro atoms. The molecule has 0 aliphatic heterocycles.